The Bertz CT molecular complexity index is 834. The summed E-state index contributed by atoms with van der Waals surface area (Å²) in [4.78, 5) is 11.1. The maximum absolute atomic E-state index is 11.1. The van der Waals surface area contributed by atoms with Crippen LogP contribution in [0.3, 0.4) is 0 Å². The van der Waals surface area contributed by atoms with Gasteiger partial charge in [-0.15, -0.1) is 0 Å². The SMILES string of the molecule is O=C(O)Cc1cc(-c2ccc(Cl)cc2)oc1-c1ccc(Cl)cc1. The first-order valence-corrected chi connectivity index (χ1v) is 7.65. The minimum atomic E-state index is -0.913. The minimum Gasteiger partial charge on any atom is -0.481 e. The van der Waals surface area contributed by atoms with Crippen LogP contribution >= 0.6 is 23.2 Å². The van der Waals surface area contributed by atoms with Gasteiger partial charge < -0.3 is 9.52 Å². The fourth-order valence-electron chi connectivity index (χ4n) is 2.32. The standard InChI is InChI=1S/C18H12Cl2O3/c19-14-5-1-11(2-6-14)16-9-13(10-17(21)22)18(23-16)12-3-7-15(20)8-4-12/h1-9H,10H2,(H,21,22). The number of aliphatic carboxylic acids is 1. The lowest BCUT2D eigenvalue weighted by Crippen LogP contribution is -1.99. The number of carboxylic acid groups (broad SMARTS) is 1. The molecule has 0 saturated carbocycles. The summed E-state index contributed by atoms with van der Waals surface area (Å²) in [7, 11) is 0. The van der Waals surface area contributed by atoms with Gasteiger partial charge in [0.15, 0.2) is 0 Å². The van der Waals surface area contributed by atoms with Crippen LogP contribution < -0.4 is 0 Å². The maximum Gasteiger partial charge on any atom is 0.307 e. The van der Waals surface area contributed by atoms with Gasteiger partial charge in [0.1, 0.15) is 11.5 Å². The predicted octanol–water partition coefficient (Wildman–Crippen LogP) is 5.55. The molecule has 116 valence electrons. The van der Waals surface area contributed by atoms with Gasteiger partial charge in [-0.25, -0.2) is 0 Å². The summed E-state index contributed by atoms with van der Waals surface area (Å²) in [5.74, 6) is 0.223. The molecule has 3 nitrogen and oxygen atoms in total. The van der Waals surface area contributed by atoms with Gasteiger partial charge in [-0.05, 0) is 54.6 Å². The van der Waals surface area contributed by atoms with Crippen molar-refractivity contribution >= 4 is 29.2 Å². The Balaban J connectivity index is 2.08. The minimum absolute atomic E-state index is 0.116. The molecule has 0 aliphatic heterocycles. The van der Waals surface area contributed by atoms with E-state index in [1.165, 1.54) is 0 Å². The lowest BCUT2D eigenvalue weighted by Gasteiger charge is -2.01. The van der Waals surface area contributed by atoms with Crippen LogP contribution in [-0.2, 0) is 11.2 Å². The topological polar surface area (TPSA) is 50.4 Å². The average Bonchev–Trinajstić information content (AvgIpc) is 2.92. The Kier molecular flexibility index (Phi) is 4.42. The molecule has 0 aliphatic carbocycles. The van der Waals surface area contributed by atoms with E-state index in [1.54, 1.807) is 42.5 Å². The van der Waals surface area contributed by atoms with Gasteiger partial charge in [0, 0.05) is 26.7 Å². The number of rotatable bonds is 4. The van der Waals surface area contributed by atoms with E-state index in [9.17, 15) is 4.79 Å². The second kappa shape index (κ2) is 6.49. The molecule has 5 heteroatoms. The van der Waals surface area contributed by atoms with Gasteiger partial charge in [-0.2, -0.15) is 0 Å². The lowest BCUT2D eigenvalue weighted by atomic mass is 10.1. The molecule has 1 N–H and O–H groups in total. The quantitative estimate of drug-likeness (QED) is 0.673. The van der Waals surface area contributed by atoms with E-state index in [0.717, 1.165) is 11.1 Å². The monoisotopic (exact) mass is 346 g/mol. The van der Waals surface area contributed by atoms with E-state index in [-0.39, 0.29) is 6.42 Å². The van der Waals surface area contributed by atoms with Gasteiger partial charge in [0.2, 0.25) is 0 Å². The molecule has 3 aromatic rings. The van der Waals surface area contributed by atoms with Crippen molar-refractivity contribution in [1.82, 2.24) is 0 Å². The molecule has 1 aromatic heterocycles. The first-order valence-electron chi connectivity index (χ1n) is 6.89. The molecule has 0 aliphatic rings. The van der Waals surface area contributed by atoms with Crippen LogP contribution in [-0.4, -0.2) is 11.1 Å². The van der Waals surface area contributed by atoms with Crippen LogP contribution in [0.5, 0.6) is 0 Å². The van der Waals surface area contributed by atoms with Crippen LogP contribution in [0.1, 0.15) is 5.56 Å². The largest absolute Gasteiger partial charge is 0.481 e. The van der Waals surface area contributed by atoms with Gasteiger partial charge in [-0.1, -0.05) is 23.2 Å². The lowest BCUT2D eigenvalue weighted by molar-refractivity contribution is -0.136. The molecule has 0 saturated heterocycles. The first-order chi connectivity index (χ1) is 11.0. The number of carbonyl (C=O) groups is 1. The maximum atomic E-state index is 11.1. The highest BCUT2D eigenvalue weighted by Gasteiger charge is 2.16. The smallest absolute Gasteiger partial charge is 0.307 e. The van der Waals surface area contributed by atoms with Crippen molar-refractivity contribution in [2.75, 3.05) is 0 Å². The molecule has 1 heterocycles. The van der Waals surface area contributed by atoms with Crippen molar-refractivity contribution < 1.29 is 14.3 Å². The summed E-state index contributed by atoms with van der Waals surface area (Å²) in [5.41, 5.74) is 2.23. The van der Waals surface area contributed by atoms with Gasteiger partial charge in [0.05, 0.1) is 6.42 Å². The second-order valence-electron chi connectivity index (χ2n) is 5.05. The average molecular weight is 347 g/mol. The summed E-state index contributed by atoms with van der Waals surface area (Å²) in [6, 6.07) is 16.0. The molecular weight excluding hydrogens is 335 g/mol. The Morgan fingerprint density at radius 1 is 0.913 bits per heavy atom. The Morgan fingerprint density at radius 2 is 1.43 bits per heavy atom. The van der Waals surface area contributed by atoms with Crippen molar-refractivity contribution in [3.63, 3.8) is 0 Å². The molecule has 23 heavy (non-hydrogen) atoms. The van der Waals surface area contributed by atoms with Crippen LogP contribution in [0, 0.1) is 0 Å². The number of furan rings is 1. The Morgan fingerprint density at radius 3 is 1.96 bits per heavy atom. The first kappa shape index (κ1) is 15.7. The summed E-state index contributed by atoms with van der Waals surface area (Å²) in [6.45, 7) is 0. The second-order valence-corrected chi connectivity index (χ2v) is 5.92. The fraction of sp³-hybridized carbons (Fsp3) is 0.0556. The molecule has 0 radical (unpaired) electrons. The Labute approximate surface area is 143 Å². The highest BCUT2D eigenvalue weighted by atomic mass is 35.5. The third-order valence-corrected chi connectivity index (χ3v) is 3.89. The van der Waals surface area contributed by atoms with Crippen LogP contribution in [0.15, 0.2) is 59.0 Å². The molecule has 3 rings (SSSR count). The van der Waals surface area contributed by atoms with Crippen molar-refractivity contribution in [1.29, 1.82) is 0 Å². The summed E-state index contributed by atoms with van der Waals surface area (Å²) in [6.07, 6.45) is -0.116. The number of benzene rings is 2. The number of carboxylic acids is 1. The molecule has 0 fully saturated rings. The zero-order valence-corrected chi connectivity index (χ0v) is 13.4. The molecule has 0 bridgehead atoms. The van der Waals surface area contributed by atoms with E-state index in [0.29, 0.717) is 27.1 Å². The van der Waals surface area contributed by atoms with Crippen molar-refractivity contribution in [3.8, 4) is 22.6 Å². The summed E-state index contributed by atoms with van der Waals surface area (Å²) < 4.78 is 5.92. The third-order valence-electron chi connectivity index (χ3n) is 3.39. The predicted molar refractivity (Wildman–Crippen MR) is 90.9 cm³/mol. The highest BCUT2D eigenvalue weighted by Crippen LogP contribution is 2.34. The van der Waals surface area contributed by atoms with Crippen LogP contribution in [0.4, 0.5) is 0 Å². The van der Waals surface area contributed by atoms with E-state index in [4.69, 9.17) is 32.7 Å². The number of hydrogen-bond donors (Lipinski definition) is 1. The molecule has 0 amide bonds. The van der Waals surface area contributed by atoms with Crippen molar-refractivity contribution in [3.05, 3.63) is 70.2 Å². The molecule has 0 spiro atoms. The molecular formula is C18H12Cl2O3. The summed E-state index contributed by atoms with van der Waals surface area (Å²) >= 11 is 11.8. The van der Waals surface area contributed by atoms with E-state index >= 15 is 0 Å². The van der Waals surface area contributed by atoms with E-state index in [2.05, 4.69) is 0 Å². The van der Waals surface area contributed by atoms with Crippen LogP contribution in [0.2, 0.25) is 10.0 Å². The fourth-order valence-corrected chi connectivity index (χ4v) is 2.58. The zero-order chi connectivity index (χ0) is 16.4. The van der Waals surface area contributed by atoms with E-state index < -0.39 is 5.97 Å². The van der Waals surface area contributed by atoms with Crippen molar-refractivity contribution in [2.45, 2.75) is 6.42 Å². The van der Waals surface area contributed by atoms with Gasteiger partial charge in [-0.3, -0.25) is 4.79 Å². The Hall–Kier alpha value is -2.23. The third kappa shape index (κ3) is 3.58. The highest BCUT2D eigenvalue weighted by molar-refractivity contribution is 6.30. The molecule has 0 atom stereocenters. The molecule has 2 aromatic carbocycles. The van der Waals surface area contributed by atoms with Gasteiger partial charge >= 0.3 is 5.97 Å². The van der Waals surface area contributed by atoms with Crippen LogP contribution in [0.25, 0.3) is 22.6 Å². The molecule has 0 unspecified atom stereocenters. The summed E-state index contributed by atoms with van der Waals surface area (Å²) in [5, 5.41) is 10.4. The normalized spacial score (nSPS) is 10.7. The van der Waals surface area contributed by atoms with E-state index in [1.807, 2.05) is 12.1 Å². The van der Waals surface area contributed by atoms with Crippen molar-refractivity contribution in [2.24, 2.45) is 0 Å². The zero-order valence-electron chi connectivity index (χ0n) is 11.9. The van der Waals surface area contributed by atoms with Gasteiger partial charge in [0.25, 0.3) is 0 Å². The number of halogens is 2. The number of hydrogen-bond acceptors (Lipinski definition) is 2.